The van der Waals surface area contributed by atoms with Crippen molar-refractivity contribution in [2.75, 3.05) is 11.1 Å². The van der Waals surface area contributed by atoms with Gasteiger partial charge < -0.3 is 16.8 Å². The van der Waals surface area contributed by atoms with Crippen LogP contribution in [0.3, 0.4) is 0 Å². The maximum Gasteiger partial charge on any atom is 0.240 e. The summed E-state index contributed by atoms with van der Waals surface area (Å²) in [6.45, 7) is 3.68. The van der Waals surface area contributed by atoms with Gasteiger partial charge in [-0.3, -0.25) is 4.79 Å². The Bertz CT molecular complexity index is 584. The minimum absolute atomic E-state index is 0.0134. The normalized spacial score (nSPS) is 13.3. The van der Waals surface area contributed by atoms with Crippen LogP contribution < -0.4 is 21.9 Å². The van der Waals surface area contributed by atoms with Crippen LogP contribution in [0.15, 0.2) is 23.1 Å². The smallest absolute Gasteiger partial charge is 0.240 e. The molecule has 1 aromatic rings. The average Bonchev–Trinajstić information content (AvgIpc) is 2.23. The summed E-state index contributed by atoms with van der Waals surface area (Å²) in [7, 11) is -3.86. The quantitative estimate of drug-likeness (QED) is 0.556. The minimum atomic E-state index is -3.86. The van der Waals surface area contributed by atoms with Crippen molar-refractivity contribution in [2.24, 2.45) is 16.8 Å². The number of rotatable bonds is 5. The molecule has 1 atom stereocenters. The summed E-state index contributed by atoms with van der Waals surface area (Å²) in [6, 6.07) is 3.59. The van der Waals surface area contributed by atoms with E-state index in [4.69, 9.17) is 16.6 Å². The molecule has 0 saturated carbocycles. The summed E-state index contributed by atoms with van der Waals surface area (Å²) in [5, 5.41) is 7.91. The molecule has 0 fully saturated rings. The molecule has 1 amide bonds. The van der Waals surface area contributed by atoms with Crippen molar-refractivity contribution in [3.63, 3.8) is 0 Å². The molecule has 0 aliphatic carbocycles. The minimum Gasteiger partial charge on any atom is -0.398 e. The van der Waals surface area contributed by atoms with Crippen molar-refractivity contribution < 1.29 is 13.2 Å². The summed E-state index contributed by atoms with van der Waals surface area (Å²) < 4.78 is 22.4. The lowest BCUT2D eigenvalue weighted by atomic mass is 10.0. The van der Waals surface area contributed by atoms with Crippen molar-refractivity contribution in [3.05, 3.63) is 18.2 Å². The van der Waals surface area contributed by atoms with Gasteiger partial charge in [-0.05, 0) is 24.1 Å². The lowest BCUT2D eigenvalue weighted by Crippen LogP contribution is -2.39. The maximum atomic E-state index is 11.3. The standard InChI is InChI=1S/C11H18N4O3S/c1-6(2)10(11(13)16)15-7-3-4-9(8(12)5-7)19(14,17)18/h3-6,10,15H,12H2,1-2H3,(H2,13,16)(H2,14,17,18). The molecule has 1 aromatic carbocycles. The fourth-order valence-corrected chi connectivity index (χ4v) is 2.29. The summed E-state index contributed by atoms with van der Waals surface area (Å²) in [4.78, 5) is 11.1. The molecule has 0 aliphatic heterocycles. The highest BCUT2D eigenvalue weighted by Crippen LogP contribution is 2.22. The number of nitrogen functional groups attached to an aromatic ring is 1. The molecule has 7 nitrogen and oxygen atoms in total. The Morgan fingerprint density at radius 2 is 1.89 bits per heavy atom. The zero-order chi connectivity index (χ0) is 14.8. The van der Waals surface area contributed by atoms with Gasteiger partial charge in [-0.1, -0.05) is 13.8 Å². The number of anilines is 2. The first-order valence-electron chi connectivity index (χ1n) is 5.61. The maximum absolute atomic E-state index is 11.3. The first kappa shape index (κ1) is 15.3. The van der Waals surface area contributed by atoms with Gasteiger partial charge in [-0.25, -0.2) is 13.6 Å². The van der Waals surface area contributed by atoms with Gasteiger partial charge in [0.25, 0.3) is 0 Å². The lowest BCUT2D eigenvalue weighted by Gasteiger charge is -2.20. The summed E-state index contributed by atoms with van der Waals surface area (Å²) in [5.41, 5.74) is 11.4. The highest BCUT2D eigenvalue weighted by molar-refractivity contribution is 7.89. The Kier molecular flexibility index (Phi) is 4.38. The Morgan fingerprint density at radius 1 is 1.32 bits per heavy atom. The van der Waals surface area contributed by atoms with E-state index >= 15 is 0 Å². The second kappa shape index (κ2) is 5.45. The molecule has 0 aliphatic rings. The van der Waals surface area contributed by atoms with Crippen molar-refractivity contribution >= 4 is 27.3 Å². The zero-order valence-corrected chi connectivity index (χ0v) is 11.6. The van der Waals surface area contributed by atoms with Crippen molar-refractivity contribution in [3.8, 4) is 0 Å². The van der Waals surface area contributed by atoms with Crippen LogP contribution in [0.4, 0.5) is 11.4 Å². The van der Waals surface area contributed by atoms with Crippen molar-refractivity contribution in [1.29, 1.82) is 0 Å². The van der Waals surface area contributed by atoms with Crippen LogP contribution >= 0.6 is 0 Å². The molecule has 0 saturated heterocycles. The number of carbonyl (C=O) groups excluding carboxylic acids is 1. The van der Waals surface area contributed by atoms with Gasteiger partial charge >= 0.3 is 0 Å². The van der Waals surface area contributed by atoms with E-state index in [1.54, 1.807) is 0 Å². The van der Waals surface area contributed by atoms with E-state index in [1.807, 2.05) is 13.8 Å². The molecule has 1 unspecified atom stereocenters. The molecule has 0 heterocycles. The number of primary sulfonamides is 1. The van der Waals surface area contributed by atoms with E-state index in [2.05, 4.69) is 5.32 Å². The van der Waals surface area contributed by atoms with Crippen LogP contribution in [0, 0.1) is 5.92 Å². The fourth-order valence-electron chi connectivity index (χ4n) is 1.64. The van der Waals surface area contributed by atoms with Gasteiger partial charge in [-0.15, -0.1) is 0 Å². The molecule has 7 N–H and O–H groups in total. The van der Waals surface area contributed by atoms with Crippen LogP contribution in [0.2, 0.25) is 0 Å². The largest absolute Gasteiger partial charge is 0.398 e. The van der Waals surface area contributed by atoms with Gasteiger partial charge in [0.15, 0.2) is 0 Å². The number of nitrogens with two attached hydrogens (primary N) is 3. The molecule has 0 spiro atoms. The fraction of sp³-hybridized carbons (Fsp3) is 0.364. The predicted octanol–water partition coefficient (Wildman–Crippen LogP) is -0.162. The first-order valence-corrected chi connectivity index (χ1v) is 7.15. The number of sulfonamides is 1. The summed E-state index contributed by atoms with van der Waals surface area (Å²) >= 11 is 0. The summed E-state index contributed by atoms with van der Waals surface area (Å²) in [6.07, 6.45) is 0. The first-order chi connectivity index (χ1) is 8.62. The molecule has 8 heteroatoms. The van der Waals surface area contributed by atoms with Crippen LogP contribution in [0.1, 0.15) is 13.8 Å². The van der Waals surface area contributed by atoms with Crippen molar-refractivity contribution in [2.45, 2.75) is 24.8 Å². The number of amides is 1. The Balaban J connectivity index is 3.05. The van der Waals surface area contributed by atoms with Gasteiger partial charge in [0.1, 0.15) is 10.9 Å². The van der Waals surface area contributed by atoms with Gasteiger partial charge in [0, 0.05) is 5.69 Å². The number of hydrogen-bond donors (Lipinski definition) is 4. The number of benzene rings is 1. The van der Waals surface area contributed by atoms with Crippen LogP contribution in [0.5, 0.6) is 0 Å². The van der Waals surface area contributed by atoms with Gasteiger partial charge in [-0.2, -0.15) is 0 Å². The number of hydrogen-bond acceptors (Lipinski definition) is 5. The third-order valence-electron chi connectivity index (χ3n) is 2.61. The molecule has 106 valence electrons. The highest BCUT2D eigenvalue weighted by Gasteiger charge is 2.20. The molecule has 0 radical (unpaired) electrons. The molecular weight excluding hydrogens is 268 g/mol. The van der Waals surface area contributed by atoms with Crippen LogP contribution in [-0.4, -0.2) is 20.4 Å². The number of primary amides is 1. The van der Waals surface area contributed by atoms with Crippen LogP contribution in [-0.2, 0) is 14.8 Å². The SMILES string of the molecule is CC(C)C(Nc1ccc(S(N)(=O)=O)c(N)c1)C(N)=O. The van der Waals surface area contributed by atoms with E-state index in [0.29, 0.717) is 5.69 Å². The third-order valence-corrected chi connectivity index (χ3v) is 3.60. The highest BCUT2D eigenvalue weighted by atomic mass is 32.2. The summed E-state index contributed by atoms with van der Waals surface area (Å²) in [5.74, 6) is -0.513. The Hall–Kier alpha value is -1.80. The average molecular weight is 286 g/mol. The van der Waals surface area contributed by atoms with Crippen molar-refractivity contribution in [1.82, 2.24) is 0 Å². The molecule has 19 heavy (non-hydrogen) atoms. The molecular formula is C11H18N4O3S. The lowest BCUT2D eigenvalue weighted by molar-refractivity contribution is -0.119. The van der Waals surface area contributed by atoms with Gasteiger partial charge in [0.05, 0.1) is 5.69 Å². The number of carbonyl (C=O) groups is 1. The zero-order valence-electron chi connectivity index (χ0n) is 10.8. The topological polar surface area (TPSA) is 141 Å². The van der Waals surface area contributed by atoms with E-state index in [1.165, 1.54) is 18.2 Å². The second-order valence-electron chi connectivity index (χ2n) is 4.57. The van der Waals surface area contributed by atoms with E-state index in [-0.39, 0.29) is 16.5 Å². The number of nitrogens with one attached hydrogen (secondary N) is 1. The van der Waals surface area contributed by atoms with E-state index in [0.717, 1.165) is 0 Å². The van der Waals surface area contributed by atoms with Crippen LogP contribution in [0.25, 0.3) is 0 Å². The molecule has 1 rings (SSSR count). The Labute approximate surface area is 112 Å². The second-order valence-corrected chi connectivity index (χ2v) is 6.10. The predicted molar refractivity (Wildman–Crippen MR) is 73.7 cm³/mol. The van der Waals surface area contributed by atoms with E-state index < -0.39 is 22.0 Å². The Morgan fingerprint density at radius 3 is 2.26 bits per heavy atom. The third kappa shape index (κ3) is 3.83. The monoisotopic (exact) mass is 286 g/mol. The molecule has 0 aromatic heterocycles. The van der Waals surface area contributed by atoms with Gasteiger partial charge in [0.2, 0.25) is 15.9 Å². The molecule has 0 bridgehead atoms. The van der Waals surface area contributed by atoms with E-state index in [9.17, 15) is 13.2 Å².